The van der Waals surface area contributed by atoms with Gasteiger partial charge in [0.05, 0.1) is 12.6 Å². The Kier molecular flexibility index (Phi) is 4.49. The maximum Gasteiger partial charge on any atom is 0.274 e. The molecule has 7 heteroatoms. The van der Waals surface area contributed by atoms with Crippen molar-refractivity contribution in [1.29, 1.82) is 0 Å². The highest BCUT2D eigenvalue weighted by atomic mass is 32.2. The van der Waals surface area contributed by atoms with Crippen LogP contribution in [0.2, 0.25) is 0 Å². The molecule has 0 bridgehead atoms. The molecule has 0 spiro atoms. The highest BCUT2D eigenvalue weighted by molar-refractivity contribution is 7.89. The van der Waals surface area contributed by atoms with Crippen LogP contribution in [0.1, 0.15) is 39.9 Å². The molecule has 0 radical (unpaired) electrons. The van der Waals surface area contributed by atoms with Gasteiger partial charge < -0.3 is 14.8 Å². The molecular weight excluding hydrogens is 292 g/mol. The van der Waals surface area contributed by atoms with E-state index in [1.54, 1.807) is 6.07 Å². The van der Waals surface area contributed by atoms with E-state index in [1.807, 2.05) is 27.7 Å². The van der Waals surface area contributed by atoms with Crippen LogP contribution < -0.4 is 10.0 Å². The van der Waals surface area contributed by atoms with Gasteiger partial charge in [-0.2, -0.15) is 0 Å². The minimum Gasteiger partial charge on any atom is -0.447 e. The minimum atomic E-state index is -3.69. The summed E-state index contributed by atoms with van der Waals surface area (Å²) >= 11 is 0. The van der Waals surface area contributed by atoms with Gasteiger partial charge in [0.25, 0.3) is 10.0 Å². The Labute approximate surface area is 126 Å². The summed E-state index contributed by atoms with van der Waals surface area (Å²) in [6.45, 7) is 8.18. The first-order chi connectivity index (χ1) is 9.63. The van der Waals surface area contributed by atoms with Crippen molar-refractivity contribution < 1.29 is 17.9 Å². The predicted molar refractivity (Wildman–Crippen MR) is 79.2 cm³/mol. The highest BCUT2D eigenvalue weighted by Crippen LogP contribution is 2.41. The third-order valence-electron chi connectivity index (χ3n) is 4.10. The first kappa shape index (κ1) is 16.5. The molecule has 1 saturated carbocycles. The number of hydrogen-bond donors (Lipinski definition) is 3. The third-order valence-corrected chi connectivity index (χ3v) is 5.44. The van der Waals surface area contributed by atoms with Gasteiger partial charge in [-0.1, -0.05) is 27.7 Å². The molecule has 2 unspecified atom stereocenters. The van der Waals surface area contributed by atoms with Crippen molar-refractivity contribution >= 4 is 10.0 Å². The molecule has 1 aliphatic rings. The molecule has 0 aromatic carbocycles. The Balaban J connectivity index is 2.03. The normalized spacial score (nSPS) is 25.0. The molecule has 1 aromatic rings. The van der Waals surface area contributed by atoms with E-state index in [4.69, 9.17) is 4.42 Å². The van der Waals surface area contributed by atoms with Crippen molar-refractivity contribution in [2.75, 3.05) is 0 Å². The van der Waals surface area contributed by atoms with Crippen molar-refractivity contribution in [3.05, 3.63) is 17.9 Å². The average Bonchev–Trinajstić information content (AvgIpc) is 2.85. The van der Waals surface area contributed by atoms with Gasteiger partial charge in [0.1, 0.15) is 5.76 Å². The maximum absolute atomic E-state index is 12.3. The second-order valence-electron chi connectivity index (χ2n) is 6.50. The Morgan fingerprint density at radius 3 is 2.62 bits per heavy atom. The predicted octanol–water partition coefficient (Wildman–Crippen LogP) is 1.22. The van der Waals surface area contributed by atoms with Gasteiger partial charge >= 0.3 is 0 Å². The van der Waals surface area contributed by atoms with Crippen LogP contribution in [0.25, 0.3) is 0 Å². The molecule has 1 fully saturated rings. The Morgan fingerprint density at radius 1 is 1.43 bits per heavy atom. The zero-order chi connectivity index (χ0) is 15.8. The first-order valence-electron chi connectivity index (χ1n) is 7.15. The second-order valence-corrected chi connectivity index (χ2v) is 8.15. The zero-order valence-corrected chi connectivity index (χ0v) is 13.7. The molecule has 6 nitrogen and oxygen atoms in total. The number of aliphatic hydroxyl groups excluding tert-OH is 1. The van der Waals surface area contributed by atoms with Crippen LogP contribution in [0, 0.1) is 5.41 Å². The molecule has 0 amide bonds. The van der Waals surface area contributed by atoms with Crippen LogP contribution in [0.4, 0.5) is 0 Å². The minimum absolute atomic E-state index is 0.0831. The molecule has 120 valence electrons. The van der Waals surface area contributed by atoms with Crippen LogP contribution >= 0.6 is 0 Å². The molecule has 3 N–H and O–H groups in total. The van der Waals surface area contributed by atoms with Crippen LogP contribution in [0.3, 0.4) is 0 Å². The molecular formula is C14H24N2O4S. The van der Waals surface area contributed by atoms with Crippen molar-refractivity contribution in [2.45, 2.75) is 63.9 Å². The van der Waals surface area contributed by atoms with Crippen molar-refractivity contribution in [3.63, 3.8) is 0 Å². The SMILES string of the molecule is CC(C)NCc1ccc(S(=O)(=O)NC2CC(O)C2(C)C)o1. The van der Waals surface area contributed by atoms with Crippen LogP contribution in [-0.2, 0) is 16.6 Å². The van der Waals surface area contributed by atoms with Crippen LogP contribution in [0.15, 0.2) is 21.6 Å². The number of rotatable bonds is 6. The molecule has 0 aliphatic heterocycles. The lowest BCUT2D eigenvalue weighted by atomic mass is 9.65. The topological polar surface area (TPSA) is 91.6 Å². The number of furan rings is 1. The van der Waals surface area contributed by atoms with E-state index in [0.717, 1.165) is 0 Å². The summed E-state index contributed by atoms with van der Waals surface area (Å²) in [5.41, 5.74) is -0.457. The van der Waals surface area contributed by atoms with E-state index in [2.05, 4.69) is 10.0 Å². The molecule has 2 atom stereocenters. The summed E-state index contributed by atoms with van der Waals surface area (Å²) < 4.78 is 32.5. The Bertz CT molecular complexity index is 592. The second kappa shape index (κ2) is 5.72. The van der Waals surface area contributed by atoms with Gasteiger partial charge in [-0.3, -0.25) is 0 Å². The summed E-state index contributed by atoms with van der Waals surface area (Å²) in [6.07, 6.45) is -0.0538. The van der Waals surface area contributed by atoms with E-state index in [0.29, 0.717) is 24.8 Å². The van der Waals surface area contributed by atoms with Crippen LogP contribution in [0.5, 0.6) is 0 Å². The molecule has 21 heavy (non-hydrogen) atoms. The van der Waals surface area contributed by atoms with E-state index >= 15 is 0 Å². The monoisotopic (exact) mass is 316 g/mol. The fourth-order valence-electron chi connectivity index (χ4n) is 2.25. The summed E-state index contributed by atoms with van der Waals surface area (Å²) in [5.74, 6) is 0.581. The van der Waals surface area contributed by atoms with Crippen molar-refractivity contribution in [1.82, 2.24) is 10.0 Å². The summed E-state index contributed by atoms with van der Waals surface area (Å²) in [6, 6.07) is 3.14. The fraction of sp³-hybridized carbons (Fsp3) is 0.714. The maximum atomic E-state index is 12.3. The number of sulfonamides is 1. The van der Waals surface area contributed by atoms with Crippen LogP contribution in [-0.4, -0.2) is 31.7 Å². The average molecular weight is 316 g/mol. The lowest BCUT2D eigenvalue weighted by Crippen LogP contribution is -2.61. The number of nitrogens with one attached hydrogen (secondary N) is 2. The standard InChI is InChI=1S/C14H24N2O4S/c1-9(2)15-8-10-5-6-13(20-10)21(18,19)16-11-7-12(17)14(11,3)4/h5-6,9,11-12,15-17H,7-8H2,1-4H3. The van der Waals surface area contributed by atoms with E-state index in [1.165, 1.54) is 6.07 Å². The van der Waals surface area contributed by atoms with Gasteiger partial charge in [0.15, 0.2) is 0 Å². The molecule has 1 aromatic heterocycles. The lowest BCUT2D eigenvalue weighted by molar-refractivity contribution is -0.0646. The van der Waals surface area contributed by atoms with Gasteiger partial charge in [-0.05, 0) is 18.6 Å². The zero-order valence-electron chi connectivity index (χ0n) is 12.9. The highest BCUT2D eigenvalue weighted by Gasteiger charge is 2.49. The third kappa shape index (κ3) is 3.48. The van der Waals surface area contributed by atoms with Gasteiger partial charge in [-0.25, -0.2) is 13.1 Å². The van der Waals surface area contributed by atoms with Gasteiger partial charge in [-0.15, -0.1) is 0 Å². The number of hydrogen-bond acceptors (Lipinski definition) is 5. The first-order valence-corrected chi connectivity index (χ1v) is 8.63. The molecule has 1 aliphatic carbocycles. The van der Waals surface area contributed by atoms with Crippen molar-refractivity contribution in [3.8, 4) is 0 Å². The number of aliphatic hydroxyl groups is 1. The molecule has 2 rings (SSSR count). The summed E-state index contributed by atoms with van der Waals surface area (Å²) in [4.78, 5) is 0. The van der Waals surface area contributed by atoms with E-state index in [9.17, 15) is 13.5 Å². The van der Waals surface area contributed by atoms with E-state index < -0.39 is 21.5 Å². The Morgan fingerprint density at radius 2 is 2.10 bits per heavy atom. The quantitative estimate of drug-likeness (QED) is 0.734. The summed E-state index contributed by atoms with van der Waals surface area (Å²) in [7, 11) is -3.69. The van der Waals surface area contributed by atoms with E-state index in [-0.39, 0.29) is 11.1 Å². The summed E-state index contributed by atoms with van der Waals surface area (Å²) in [5, 5.41) is 12.8. The largest absolute Gasteiger partial charge is 0.447 e. The van der Waals surface area contributed by atoms with Gasteiger partial charge in [0, 0.05) is 17.5 Å². The fourth-order valence-corrected chi connectivity index (χ4v) is 3.60. The molecule has 0 saturated heterocycles. The smallest absolute Gasteiger partial charge is 0.274 e. The lowest BCUT2D eigenvalue weighted by Gasteiger charge is -2.48. The van der Waals surface area contributed by atoms with Crippen molar-refractivity contribution in [2.24, 2.45) is 5.41 Å². The Hall–Kier alpha value is -0.890. The van der Waals surface area contributed by atoms with Gasteiger partial charge in [0.2, 0.25) is 5.09 Å². The molecule has 1 heterocycles.